The molecule has 114 valence electrons. The highest BCUT2D eigenvalue weighted by Gasteiger charge is 2.00. The van der Waals surface area contributed by atoms with Gasteiger partial charge in [0.05, 0.1) is 23.9 Å². The molecule has 0 saturated carbocycles. The number of benzene rings is 1. The van der Waals surface area contributed by atoms with E-state index < -0.39 is 0 Å². The zero-order chi connectivity index (χ0) is 14.9. The summed E-state index contributed by atoms with van der Waals surface area (Å²) in [6.07, 6.45) is 1.76. The maximum atomic E-state index is 8.88. The number of aliphatic imine (C=N–C) groups is 1. The number of pyridine rings is 1. The minimum absolute atomic E-state index is 0. The van der Waals surface area contributed by atoms with Gasteiger partial charge in [0.25, 0.3) is 0 Å². The molecule has 22 heavy (non-hydrogen) atoms. The van der Waals surface area contributed by atoms with Crippen LogP contribution in [0.25, 0.3) is 0 Å². The first-order valence-electron chi connectivity index (χ1n) is 6.65. The van der Waals surface area contributed by atoms with Crippen LogP contribution in [0.1, 0.15) is 16.8 Å². The highest BCUT2D eigenvalue weighted by molar-refractivity contribution is 14.0. The van der Waals surface area contributed by atoms with E-state index in [4.69, 9.17) is 5.26 Å². The summed E-state index contributed by atoms with van der Waals surface area (Å²) >= 11 is 0. The average Bonchev–Trinajstić information content (AvgIpc) is 2.56. The third-order valence-electron chi connectivity index (χ3n) is 2.90. The lowest BCUT2D eigenvalue weighted by atomic mass is 10.1. The van der Waals surface area contributed by atoms with E-state index >= 15 is 0 Å². The standard InChI is InChI=1S/C16H17N5.HI/c1-18-16(21-12-15-7-2-3-8-19-15)20-11-14-6-4-5-13(9-14)10-17;/h2-9H,11-12H2,1H3,(H2,18,20,21);1H. The first kappa shape index (κ1) is 17.9. The van der Waals surface area contributed by atoms with Gasteiger partial charge in [-0.1, -0.05) is 18.2 Å². The van der Waals surface area contributed by atoms with Gasteiger partial charge in [0.2, 0.25) is 0 Å². The molecule has 0 bridgehead atoms. The predicted octanol–water partition coefficient (Wildman–Crippen LogP) is 2.44. The Morgan fingerprint density at radius 2 is 2.00 bits per heavy atom. The summed E-state index contributed by atoms with van der Waals surface area (Å²) in [6, 6.07) is 15.4. The van der Waals surface area contributed by atoms with Gasteiger partial charge in [-0.05, 0) is 29.8 Å². The van der Waals surface area contributed by atoms with Crippen LogP contribution >= 0.6 is 24.0 Å². The topological polar surface area (TPSA) is 73.1 Å². The summed E-state index contributed by atoms with van der Waals surface area (Å²) in [5.74, 6) is 0.697. The molecule has 1 aromatic carbocycles. The van der Waals surface area contributed by atoms with Crippen LogP contribution in [-0.4, -0.2) is 18.0 Å². The quantitative estimate of drug-likeness (QED) is 0.464. The SMILES string of the molecule is CN=C(NCc1cccc(C#N)c1)NCc1ccccn1.I. The molecular formula is C16H18IN5. The molecule has 1 aromatic heterocycles. The summed E-state index contributed by atoms with van der Waals surface area (Å²) in [4.78, 5) is 8.41. The molecule has 6 heteroatoms. The molecule has 0 aliphatic heterocycles. The van der Waals surface area contributed by atoms with E-state index in [9.17, 15) is 0 Å². The highest BCUT2D eigenvalue weighted by atomic mass is 127. The fraction of sp³-hybridized carbons (Fsp3) is 0.188. The maximum absolute atomic E-state index is 8.88. The number of guanidine groups is 1. The van der Waals surface area contributed by atoms with E-state index in [2.05, 4.69) is 26.7 Å². The van der Waals surface area contributed by atoms with Gasteiger partial charge in [-0.2, -0.15) is 5.26 Å². The lowest BCUT2D eigenvalue weighted by Gasteiger charge is -2.11. The number of nitrogens with zero attached hydrogens (tertiary/aromatic N) is 3. The largest absolute Gasteiger partial charge is 0.352 e. The number of halogens is 1. The maximum Gasteiger partial charge on any atom is 0.191 e. The zero-order valence-corrected chi connectivity index (χ0v) is 14.6. The fourth-order valence-electron chi connectivity index (χ4n) is 1.83. The molecular weight excluding hydrogens is 389 g/mol. The number of hydrogen-bond acceptors (Lipinski definition) is 3. The molecule has 0 amide bonds. The van der Waals surface area contributed by atoms with Crippen molar-refractivity contribution in [2.45, 2.75) is 13.1 Å². The Hall–Kier alpha value is -2.14. The van der Waals surface area contributed by atoms with Crippen molar-refractivity contribution in [3.63, 3.8) is 0 Å². The molecule has 5 nitrogen and oxygen atoms in total. The molecule has 0 saturated heterocycles. The van der Waals surface area contributed by atoms with Crippen LogP contribution in [0, 0.1) is 11.3 Å². The molecule has 0 radical (unpaired) electrons. The second-order valence-corrected chi connectivity index (χ2v) is 4.41. The fourth-order valence-corrected chi connectivity index (χ4v) is 1.83. The normalized spacial score (nSPS) is 10.3. The van der Waals surface area contributed by atoms with Crippen molar-refractivity contribution < 1.29 is 0 Å². The predicted molar refractivity (Wildman–Crippen MR) is 97.8 cm³/mol. The van der Waals surface area contributed by atoms with Gasteiger partial charge in [-0.25, -0.2) is 0 Å². The molecule has 0 fully saturated rings. The molecule has 0 spiro atoms. The van der Waals surface area contributed by atoms with Crippen LogP contribution in [-0.2, 0) is 13.1 Å². The molecule has 0 atom stereocenters. The summed E-state index contributed by atoms with van der Waals surface area (Å²) < 4.78 is 0. The van der Waals surface area contributed by atoms with Crippen LogP contribution < -0.4 is 10.6 Å². The average molecular weight is 407 g/mol. The Bertz CT molecular complexity index is 649. The minimum Gasteiger partial charge on any atom is -0.352 e. The van der Waals surface area contributed by atoms with Gasteiger partial charge >= 0.3 is 0 Å². The van der Waals surface area contributed by atoms with E-state index in [1.54, 1.807) is 19.3 Å². The number of aromatic nitrogens is 1. The van der Waals surface area contributed by atoms with Gasteiger partial charge in [-0.15, -0.1) is 24.0 Å². The van der Waals surface area contributed by atoms with Gasteiger partial charge in [-0.3, -0.25) is 9.98 Å². The second kappa shape index (κ2) is 9.73. The van der Waals surface area contributed by atoms with Crippen LogP contribution in [0.4, 0.5) is 0 Å². The van der Waals surface area contributed by atoms with Crippen LogP contribution in [0.2, 0.25) is 0 Å². The molecule has 2 N–H and O–H groups in total. The zero-order valence-electron chi connectivity index (χ0n) is 12.3. The first-order chi connectivity index (χ1) is 10.3. The number of nitriles is 1. The summed E-state index contributed by atoms with van der Waals surface area (Å²) in [6.45, 7) is 1.22. The summed E-state index contributed by atoms with van der Waals surface area (Å²) in [7, 11) is 1.72. The Kier molecular flexibility index (Phi) is 7.92. The van der Waals surface area contributed by atoms with Crippen molar-refractivity contribution in [3.05, 3.63) is 65.5 Å². The van der Waals surface area contributed by atoms with Crippen molar-refractivity contribution in [3.8, 4) is 6.07 Å². The monoisotopic (exact) mass is 407 g/mol. The van der Waals surface area contributed by atoms with E-state index in [-0.39, 0.29) is 24.0 Å². The second-order valence-electron chi connectivity index (χ2n) is 4.41. The number of hydrogen-bond donors (Lipinski definition) is 2. The Balaban J connectivity index is 0.00000242. The van der Waals surface area contributed by atoms with Crippen molar-refractivity contribution in [2.24, 2.45) is 4.99 Å². The minimum atomic E-state index is 0. The van der Waals surface area contributed by atoms with E-state index in [1.165, 1.54) is 0 Å². The Morgan fingerprint density at radius 3 is 2.68 bits per heavy atom. The van der Waals surface area contributed by atoms with Gasteiger partial charge < -0.3 is 10.6 Å². The van der Waals surface area contributed by atoms with Crippen molar-refractivity contribution >= 4 is 29.9 Å². The highest BCUT2D eigenvalue weighted by Crippen LogP contribution is 2.03. The lowest BCUT2D eigenvalue weighted by molar-refractivity contribution is 0.794. The van der Waals surface area contributed by atoms with Crippen molar-refractivity contribution in [1.82, 2.24) is 15.6 Å². The van der Waals surface area contributed by atoms with Gasteiger partial charge in [0.1, 0.15) is 0 Å². The Morgan fingerprint density at radius 1 is 1.18 bits per heavy atom. The van der Waals surface area contributed by atoms with Gasteiger partial charge in [0.15, 0.2) is 5.96 Å². The van der Waals surface area contributed by atoms with Crippen molar-refractivity contribution in [2.75, 3.05) is 7.05 Å². The van der Waals surface area contributed by atoms with E-state index in [1.807, 2.05) is 36.4 Å². The number of nitrogens with one attached hydrogen (secondary N) is 2. The molecule has 2 aromatic rings. The smallest absolute Gasteiger partial charge is 0.191 e. The molecule has 0 aliphatic carbocycles. The first-order valence-corrected chi connectivity index (χ1v) is 6.65. The summed E-state index contributed by atoms with van der Waals surface area (Å²) in [5, 5.41) is 15.3. The molecule has 1 heterocycles. The van der Waals surface area contributed by atoms with Crippen LogP contribution in [0.5, 0.6) is 0 Å². The van der Waals surface area contributed by atoms with Crippen molar-refractivity contribution in [1.29, 1.82) is 5.26 Å². The third-order valence-corrected chi connectivity index (χ3v) is 2.90. The Labute approximate surface area is 147 Å². The molecule has 0 aliphatic rings. The van der Waals surface area contributed by atoms with E-state index in [0.717, 1.165) is 11.3 Å². The number of rotatable bonds is 4. The molecule has 0 unspecified atom stereocenters. The molecule has 2 rings (SSSR count). The summed E-state index contributed by atoms with van der Waals surface area (Å²) in [5.41, 5.74) is 2.65. The van der Waals surface area contributed by atoms with Crippen LogP contribution in [0.3, 0.4) is 0 Å². The third kappa shape index (κ3) is 5.69. The van der Waals surface area contributed by atoms with E-state index in [0.29, 0.717) is 24.6 Å². The lowest BCUT2D eigenvalue weighted by Crippen LogP contribution is -2.36. The van der Waals surface area contributed by atoms with Gasteiger partial charge in [0, 0.05) is 19.8 Å². The van der Waals surface area contributed by atoms with Crippen LogP contribution in [0.15, 0.2) is 53.7 Å².